The number of benzene rings is 5. The van der Waals surface area contributed by atoms with Crippen LogP contribution in [0.5, 0.6) is 0 Å². The number of hydrogen-bond donors (Lipinski definition) is 0. The van der Waals surface area contributed by atoms with Crippen LogP contribution in [-0.2, 0) is 0 Å². The lowest BCUT2D eigenvalue weighted by atomic mass is 10.1. The maximum absolute atomic E-state index is 5.25. The Hall–Kier alpha value is -5.74. The zero-order chi connectivity index (χ0) is 27.4. The molecule has 0 fully saturated rings. The van der Waals surface area contributed by atoms with Crippen LogP contribution in [0.2, 0.25) is 0 Å². The molecular weight excluding hydrogens is 512 g/mol. The Morgan fingerprint density at radius 3 is 1.88 bits per heavy atom. The van der Waals surface area contributed by atoms with Crippen molar-refractivity contribution in [2.45, 2.75) is 0 Å². The van der Waals surface area contributed by atoms with Crippen molar-refractivity contribution in [1.82, 2.24) is 19.1 Å². The van der Waals surface area contributed by atoms with Gasteiger partial charge in [-0.15, -0.1) is 0 Å². The van der Waals surface area contributed by atoms with Gasteiger partial charge in [-0.2, -0.15) is 0 Å². The van der Waals surface area contributed by atoms with Crippen molar-refractivity contribution in [2.75, 3.05) is 0 Å². The third-order valence-electron chi connectivity index (χ3n) is 8.95. The van der Waals surface area contributed by atoms with Crippen LogP contribution in [0.25, 0.3) is 88.3 Å². The van der Waals surface area contributed by atoms with E-state index in [1.807, 2.05) is 12.4 Å². The summed E-state index contributed by atoms with van der Waals surface area (Å²) in [5, 5.41) is 6.17. The molecule has 4 aromatic heterocycles. The molecule has 42 heavy (non-hydrogen) atoms. The second kappa shape index (κ2) is 7.93. The summed E-state index contributed by atoms with van der Waals surface area (Å²) in [4.78, 5) is 9.67. The van der Waals surface area contributed by atoms with Crippen LogP contribution >= 0.6 is 0 Å². The molecule has 0 radical (unpaired) electrons. The summed E-state index contributed by atoms with van der Waals surface area (Å²) in [6.07, 6.45) is 3.85. The first kappa shape index (κ1) is 22.0. The number of nitrogens with zero attached hydrogens (tertiary/aromatic N) is 4. The van der Waals surface area contributed by atoms with E-state index in [0.717, 1.165) is 28.1 Å². The quantitative estimate of drug-likeness (QED) is 0.221. The van der Waals surface area contributed by atoms with Crippen LogP contribution in [-0.4, -0.2) is 19.1 Å². The Morgan fingerprint density at radius 2 is 1.12 bits per heavy atom. The highest BCUT2D eigenvalue weighted by Crippen LogP contribution is 2.47. The van der Waals surface area contributed by atoms with Crippen molar-refractivity contribution in [1.29, 1.82) is 0 Å². The van der Waals surface area contributed by atoms with Crippen LogP contribution in [0.1, 0.15) is 0 Å². The van der Waals surface area contributed by atoms with Gasteiger partial charge in [-0.1, -0.05) is 66.7 Å². The minimum absolute atomic E-state index is 0.926. The summed E-state index contributed by atoms with van der Waals surface area (Å²) in [5.41, 5.74) is 11.7. The van der Waals surface area contributed by atoms with Gasteiger partial charge in [-0.25, -0.2) is 4.98 Å². The largest absolute Gasteiger partial charge is 0.309 e. The van der Waals surface area contributed by atoms with Crippen molar-refractivity contribution in [2.24, 2.45) is 0 Å². The number of aromatic nitrogens is 4. The highest BCUT2D eigenvalue weighted by Gasteiger charge is 2.24. The van der Waals surface area contributed by atoms with Crippen LogP contribution in [0, 0.1) is 0 Å². The minimum atomic E-state index is 0.926. The molecule has 0 unspecified atom stereocenters. The molecule has 194 valence electrons. The Morgan fingerprint density at radius 1 is 0.452 bits per heavy atom. The third-order valence-corrected chi connectivity index (χ3v) is 8.95. The van der Waals surface area contributed by atoms with E-state index in [-0.39, 0.29) is 0 Å². The molecule has 10 rings (SSSR count). The summed E-state index contributed by atoms with van der Waals surface area (Å²) in [6.45, 7) is 0. The van der Waals surface area contributed by atoms with E-state index in [2.05, 4.69) is 135 Å². The Bertz CT molecular complexity index is 2530. The minimum Gasteiger partial charge on any atom is -0.309 e. The highest BCUT2D eigenvalue weighted by molar-refractivity contribution is 6.15. The number of hydrogen-bond acceptors (Lipinski definition) is 2. The Balaban J connectivity index is 1.27. The molecule has 0 N–H and O–H groups in total. The van der Waals surface area contributed by atoms with E-state index in [4.69, 9.17) is 4.98 Å². The first-order chi connectivity index (χ1) is 20.8. The highest BCUT2D eigenvalue weighted by atomic mass is 15.1. The topological polar surface area (TPSA) is 35.6 Å². The average molecular weight is 535 g/mol. The second-order valence-electron chi connectivity index (χ2n) is 11.1. The van der Waals surface area contributed by atoms with Crippen LogP contribution in [0.3, 0.4) is 0 Å². The standard InChI is InChI=1S/C38H22N4/c1-4-13-33-25(8-1)26-9-2-5-14-34(26)41(33)23-16-17-36-29(20-23)27-10-3-6-15-35(27)42(36)37-21-30-24-18-19-39-22-31(24)28-11-7-12-32(40-37)38(28)30/h1-22H. The first-order valence-corrected chi connectivity index (χ1v) is 14.3. The van der Waals surface area contributed by atoms with Gasteiger partial charge in [0.05, 0.1) is 27.6 Å². The molecular formula is C38H22N4. The van der Waals surface area contributed by atoms with Crippen molar-refractivity contribution >= 4 is 54.5 Å². The van der Waals surface area contributed by atoms with Gasteiger partial charge in [0, 0.05) is 50.6 Å². The Labute approximate surface area is 240 Å². The third kappa shape index (κ3) is 2.76. The molecule has 1 aliphatic rings. The van der Waals surface area contributed by atoms with E-state index in [1.54, 1.807) is 0 Å². The molecule has 4 nitrogen and oxygen atoms in total. The SMILES string of the molecule is c1cc2c3c(cc(-n4c5ccccc5c5cc(-n6c7ccccc7c7ccccc76)ccc54)nc3c1)-c1ccncc1-2. The Kier molecular flexibility index (Phi) is 4.15. The monoisotopic (exact) mass is 534 g/mol. The van der Waals surface area contributed by atoms with E-state index in [9.17, 15) is 0 Å². The predicted octanol–water partition coefficient (Wildman–Crippen LogP) is 9.47. The fourth-order valence-corrected chi connectivity index (χ4v) is 7.22. The maximum Gasteiger partial charge on any atom is 0.138 e. The number of fused-ring (bicyclic) bond motifs is 9. The number of pyridine rings is 2. The summed E-state index contributed by atoms with van der Waals surface area (Å²) in [7, 11) is 0. The lowest BCUT2D eigenvalue weighted by Gasteiger charge is -2.11. The molecule has 1 aliphatic carbocycles. The summed E-state index contributed by atoms with van der Waals surface area (Å²) >= 11 is 0. The molecule has 0 spiro atoms. The molecule has 5 aromatic carbocycles. The number of para-hydroxylation sites is 3. The van der Waals surface area contributed by atoms with Gasteiger partial charge in [0.25, 0.3) is 0 Å². The fraction of sp³-hybridized carbons (Fsp3) is 0. The lowest BCUT2D eigenvalue weighted by molar-refractivity contribution is 1.10. The molecule has 0 bridgehead atoms. The molecule has 4 heteroatoms. The molecule has 9 aromatic rings. The maximum atomic E-state index is 5.25. The van der Waals surface area contributed by atoms with Crippen molar-refractivity contribution in [3.63, 3.8) is 0 Å². The van der Waals surface area contributed by atoms with Crippen molar-refractivity contribution in [3.05, 3.63) is 134 Å². The normalized spacial score (nSPS) is 12.3. The van der Waals surface area contributed by atoms with Gasteiger partial charge >= 0.3 is 0 Å². The van der Waals surface area contributed by atoms with Gasteiger partial charge in [0.1, 0.15) is 5.82 Å². The van der Waals surface area contributed by atoms with Gasteiger partial charge in [-0.05, 0) is 71.3 Å². The fourth-order valence-electron chi connectivity index (χ4n) is 7.22. The smallest absolute Gasteiger partial charge is 0.138 e. The van der Waals surface area contributed by atoms with E-state index >= 15 is 0 Å². The average Bonchev–Trinajstić information content (AvgIpc) is 3.68. The van der Waals surface area contributed by atoms with Crippen molar-refractivity contribution < 1.29 is 0 Å². The summed E-state index contributed by atoms with van der Waals surface area (Å²) in [6, 6.07) is 43.6. The van der Waals surface area contributed by atoms with Crippen molar-refractivity contribution in [3.8, 4) is 33.8 Å². The second-order valence-corrected chi connectivity index (χ2v) is 11.1. The molecule has 0 aliphatic heterocycles. The summed E-state index contributed by atoms with van der Waals surface area (Å²) in [5.74, 6) is 0.926. The van der Waals surface area contributed by atoms with E-state index in [1.165, 1.54) is 60.2 Å². The summed E-state index contributed by atoms with van der Waals surface area (Å²) < 4.78 is 4.71. The zero-order valence-electron chi connectivity index (χ0n) is 22.5. The van der Waals surface area contributed by atoms with Gasteiger partial charge in [-0.3, -0.25) is 9.55 Å². The van der Waals surface area contributed by atoms with Crippen LogP contribution in [0.4, 0.5) is 0 Å². The molecule has 0 saturated heterocycles. The lowest BCUT2D eigenvalue weighted by Crippen LogP contribution is -1.99. The predicted molar refractivity (Wildman–Crippen MR) is 173 cm³/mol. The van der Waals surface area contributed by atoms with Gasteiger partial charge in [0.2, 0.25) is 0 Å². The number of rotatable bonds is 2. The molecule has 0 saturated carbocycles. The van der Waals surface area contributed by atoms with E-state index < -0.39 is 0 Å². The molecule has 0 atom stereocenters. The first-order valence-electron chi connectivity index (χ1n) is 14.3. The van der Waals surface area contributed by atoms with E-state index in [0.29, 0.717) is 0 Å². The van der Waals surface area contributed by atoms with Gasteiger partial charge in [0.15, 0.2) is 0 Å². The molecule has 4 heterocycles. The zero-order valence-corrected chi connectivity index (χ0v) is 22.5. The molecule has 0 amide bonds. The van der Waals surface area contributed by atoms with Crippen LogP contribution in [0.15, 0.2) is 134 Å². The van der Waals surface area contributed by atoms with Gasteiger partial charge < -0.3 is 4.57 Å². The van der Waals surface area contributed by atoms with Crippen LogP contribution < -0.4 is 0 Å².